The van der Waals surface area contributed by atoms with Gasteiger partial charge in [0.15, 0.2) is 0 Å². The lowest BCUT2D eigenvalue weighted by Crippen LogP contribution is -2.25. The van der Waals surface area contributed by atoms with E-state index < -0.39 is 29.7 Å². The Balaban J connectivity index is 2.20. The Morgan fingerprint density at radius 1 is 1.30 bits per heavy atom. The van der Waals surface area contributed by atoms with E-state index in [0.717, 1.165) is 29.2 Å². The number of aromatic nitrogens is 2. The smallest absolute Gasteiger partial charge is 0.418 e. The summed E-state index contributed by atoms with van der Waals surface area (Å²) >= 11 is 0. The largest absolute Gasteiger partial charge is 0.478 e. The second-order valence-corrected chi connectivity index (χ2v) is 4.72. The highest BCUT2D eigenvalue weighted by molar-refractivity contribution is 5.94. The van der Waals surface area contributed by atoms with E-state index >= 15 is 0 Å². The molecule has 6 nitrogen and oxygen atoms in total. The zero-order chi connectivity index (χ0) is 17.2. The zero-order valence-corrected chi connectivity index (χ0v) is 11.8. The van der Waals surface area contributed by atoms with Gasteiger partial charge in [-0.15, -0.1) is 0 Å². The van der Waals surface area contributed by atoms with Gasteiger partial charge in [-0.2, -0.15) is 18.3 Å². The number of nitrogens with zero attached hydrogens (tertiary/aromatic N) is 2. The highest BCUT2D eigenvalue weighted by Crippen LogP contribution is 2.34. The van der Waals surface area contributed by atoms with Gasteiger partial charge < -0.3 is 10.4 Å². The molecular weight excluding hydrogens is 315 g/mol. The summed E-state index contributed by atoms with van der Waals surface area (Å²) in [6.45, 7) is 1.39. The van der Waals surface area contributed by atoms with Crippen LogP contribution in [0.2, 0.25) is 0 Å². The van der Waals surface area contributed by atoms with Gasteiger partial charge in [-0.25, -0.2) is 4.79 Å². The summed E-state index contributed by atoms with van der Waals surface area (Å²) in [5.74, 6) is -1.96. The third kappa shape index (κ3) is 3.68. The maximum Gasteiger partial charge on any atom is 0.418 e. The Hall–Kier alpha value is -2.84. The number of alkyl halides is 3. The van der Waals surface area contributed by atoms with Crippen molar-refractivity contribution in [2.75, 3.05) is 5.32 Å². The quantitative estimate of drug-likeness (QED) is 0.904. The lowest BCUT2D eigenvalue weighted by molar-refractivity contribution is -0.137. The topological polar surface area (TPSA) is 84.2 Å². The number of amides is 1. The van der Waals surface area contributed by atoms with E-state index in [-0.39, 0.29) is 11.3 Å². The number of carbonyl (C=O) groups is 2. The lowest BCUT2D eigenvalue weighted by Gasteiger charge is -2.16. The number of anilines is 1. The van der Waals surface area contributed by atoms with E-state index in [1.165, 1.54) is 19.1 Å². The average molecular weight is 327 g/mol. The van der Waals surface area contributed by atoms with Crippen molar-refractivity contribution < 1.29 is 27.9 Å². The van der Waals surface area contributed by atoms with Crippen LogP contribution in [0.4, 0.5) is 18.9 Å². The van der Waals surface area contributed by atoms with Gasteiger partial charge in [-0.05, 0) is 19.1 Å². The Kier molecular flexibility index (Phi) is 4.39. The third-order valence-electron chi connectivity index (χ3n) is 3.12. The van der Waals surface area contributed by atoms with E-state index in [2.05, 4.69) is 10.4 Å². The van der Waals surface area contributed by atoms with Crippen LogP contribution >= 0.6 is 0 Å². The normalized spacial score (nSPS) is 12.7. The van der Waals surface area contributed by atoms with Crippen molar-refractivity contribution in [3.8, 4) is 0 Å². The molecule has 1 heterocycles. The van der Waals surface area contributed by atoms with Crippen LogP contribution in [0, 0.1) is 0 Å². The lowest BCUT2D eigenvalue weighted by atomic mass is 10.1. The number of hydrogen-bond donors (Lipinski definition) is 2. The Bertz CT molecular complexity index is 740. The molecule has 9 heteroatoms. The van der Waals surface area contributed by atoms with Gasteiger partial charge >= 0.3 is 12.1 Å². The number of carboxylic acid groups (broad SMARTS) is 1. The number of hydrogen-bond acceptors (Lipinski definition) is 3. The molecule has 2 aromatic rings. The van der Waals surface area contributed by atoms with Crippen LogP contribution < -0.4 is 5.32 Å². The molecule has 122 valence electrons. The maximum absolute atomic E-state index is 12.9. The minimum Gasteiger partial charge on any atom is -0.478 e. The van der Waals surface area contributed by atoms with E-state index in [9.17, 15) is 22.8 Å². The second kappa shape index (κ2) is 6.11. The number of carboxylic acids is 1. The van der Waals surface area contributed by atoms with Crippen molar-refractivity contribution in [1.82, 2.24) is 9.78 Å². The molecule has 0 aliphatic rings. The van der Waals surface area contributed by atoms with Gasteiger partial charge in [0.1, 0.15) is 6.04 Å². The Morgan fingerprint density at radius 2 is 1.96 bits per heavy atom. The summed E-state index contributed by atoms with van der Waals surface area (Å²) in [6, 6.07) is 3.60. The molecule has 0 fully saturated rings. The Labute approximate surface area is 128 Å². The Morgan fingerprint density at radius 3 is 2.52 bits per heavy atom. The monoisotopic (exact) mass is 327 g/mol. The molecule has 2 rings (SSSR count). The molecule has 0 aliphatic carbocycles. The number of benzene rings is 1. The third-order valence-corrected chi connectivity index (χ3v) is 3.12. The number of halogens is 3. The van der Waals surface area contributed by atoms with Crippen molar-refractivity contribution in [3.05, 3.63) is 47.8 Å². The summed E-state index contributed by atoms with van der Waals surface area (Å²) < 4.78 is 39.7. The van der Waals surface area contributed by atoms with Crippen LogP contribution in [-0.4, -0.2) is 26.8 Å². The van der Waals surface area contributed by atoms with E-state index in [1.54, 1.807) is 0 Å². The molecular formula is C14H12F3N3O3. The fourth-order valence-electron chi connectivity index (χ4n) is 1.86. The average Bonchev–Trinajstić information content (AvgIpc) is 2.95. The predicted molar refractivity (Wildman–Crippen MR) is 74.0 cm³/mol. The molecule has 2 N–H and O–H groups in total. The van der Waals surface area contributed by atoms with Crippen LogP contribution in [0.3, 0.4) is 0 Å². The van der Waals surface area contributed by atoms with Crippen molar-refractivity contribution in [1.29, 1.82) is 0 Å². The highest BCUT2D eigenvalue weighted by atomic mass is 19.4. The summed E-state index contributed by atoms with van der Waals surface area (Å²) in [5, 5.41) is 14.7. The summed E-state index contributed by atoms with van der Waals surface area (Å²) in [4.78, 5) is 22.9. The summed E-state index contributed by atoms with van der Waals surface area (Å²) in [6.07, 6.45) is -2.42. The van der Waals surface area contributed by atoms with Gasteiger partial charge in [-0.1, -0.05) is 12.1 Å². The molecule has 0 radical (unpaired) electrons. The number of carbonyl (C=O) groups excluding carboxylic acids is 1. The first-order valence-electron chi connectivity index (χ1n) is 6.44. The van der Waals surface area contributed by atoms with Gasteiger partial charge in [0.25, 0.3) is 0 Å². The molecule has 0 spiro atoms. The molecule has 1 amide bonds. The maximum atomic E-state index is 12.9. The highest BCUT2D eigenvalue weighted by Gasteiger charge is 2.34. The first kappa shape index (κ1) is 16.5. The van der Waals surface area contributed by atoms with Gasteiger partial charge in [0.05, 0.1) is 23.0 Å². The first-order chi connectivity index (χ1) is 10.7. The molecule has 1 atom stereocenters. The molecule has 0 bridgehead atoms. The fraction of sp³-hybridized carbons (Fsp3) is 0.214. The molecule has 23 heavy (non-hydrogen) atoms. The fourth-order valence-corrected chi connectivity index (χ4v) is 1.86. The molecule has 1 aromatic carbocycles. The second-order valence-electron chi connectivity index (χ2n) is 4.72. The van der Waals surface area contributed by atoms with Crippen LogP contribution in [-0.2, 0) is 11.0 Å². The molecule has 0 saturated heterocycles. The van der Waals surface area contributed by atoms with Crippen molar-refractivity contribution in [2.24, 2.45) is 0 Å². The van der Waals surface area contributed by atoms with Crippen molar-refractivity contribution in [3.63, 3.8) is 0 Å². The van der Waals surface area contributed by atoms with Crippen LogP contribution in [0.25, 0.3) is 0 Å². The van der Waals surface area contributed by atoms with Crippen molar-refractivity contribution >= 4 is 17.6 Å². The van der Waals surface area contributed by atoms with Gasteiger partial charge in [-0.3, -0.25) is 9.48 Å². The van der Waals surface area contributed by atoms with E-state index in [1.807, 2.05) is 0 Å². The van der Waals surface area contributed by atoms with Gasteiger partial charge in [0.2, 0.25) is 5.91 Å². The van der Waals surface area contributed by atoms with Crippen LogP contribution in [0.5, 0.6) is 0 Å². The number of aromatic carboxylic acids is 1. The molecule has 1 unspecified atom stereocenters. The molecule has 0 saturated carbocycles. The molecule has 0 aliphatic heterocycles. The first-order valence-corrected chi connectivity index (χ1v) is 6.44. The van der Waals surface area contributed by atoms with E-state index in [4.69, 9.17) is 5.11 Å². The minimum absolute atomic E-state index is 0.125. The summed E-state index contributed by atoms with van der Waals surface area (Å²) in [5.41, 5.74) is -1.46. The summed E-state index contributed by atoms with van der Waals surface area (Å²) in [7, 11) is 0. The molecule has 1 aromatic heterocycles. The van der Waals surface area contributed by atoms with Crippen molar-refractivity contribution in [2.45, 2.75) is 19.1 Å². The zero-order valence-electron chi connectivity index (χ0n) is 11.8. The predicted octanol–water partition coefficient (Wildman–Crippen LogP) is 2.80. The SMILES string of the molecule is CC(C(=O)Nc1ccccc1C(F)(F)F)n1cc(C(=O)O)cn1. The van der Waals surface area contributed by atoms with Gasteiger partial charge in [0, 0.05) is 6.20 Å². The van der Waals surface area contributed by atoms with Crippen LogP contribution in [0.1, 0.15) is 28.9 Å². The number of nitrogens with one attached hydrogen (secondary N) is 1. The van der Waals surface area contributed by atoms with Crippen LogP contribution in [0.15, 0.2) is 36.7 Å². The number of rotatable bonds is 4. The standard InChI is InChI=1S/C14H12F3N3O3/c1-8(20-7-9(6-18-20)13(22)23)12(21)19-11-5-3-2-4-10(11)14(15,16)17/h2-8H,1H3,(H,19,21)(H,22,23). The minimum atomic E-state index is -4.60. The van der Waals surface area contributed by atoms with E-state index in [0.29, 0.717) is 0 Å². The number of para-hydroxylation sites is 1.